The zero-order valence-corrected chi connectivity index (χ0v) is 21.2. The Morgan fingerprint density at radius 3 is 1.48 bits per heavy atom. The number of hydrogen-bond acceptors (Lipinski definition) is 5. The van der Waals surface area contributed by atoms with Gasteiger partial charge in [0.05, 0.1) is 0 Å². The molecule has 0 spiro atoms. The zero-order valence-electron chi connectivity index (χ0n) is 19.6. The molecule has 5 nitrogen and oxygen atoms in total. The van der Waals surface area contributed by atoms with Gasteiger partial charge in [0.2, 0.25) is 0 Å². The maximum absolute atomic E-state index is 13.8. The van der Waals surface area contributed by atoms with Gasteiger partial charge in [0, 0.05) is 12.2 Å². The third-order valence-electron chi connectivity index (χ3n) is 4.87. The van der Waals surface area contributed by atoms with Gasteiger partial charge in [-0.3, -0.25) is 4.79 Å². The quantitative estimate of drug-likeness (QED) is 0.230. The van der Waals surface area contributed by atoms with E-state index >= 15 is 0 Å². The van der Waals surface area contributed by atoms with Crippen molar-refractivity contribution in [2.75, 3.05) is 5.75 Å². The number of carbonyl (C=O) groups excluding carboxylic acids is 1. The summed E-state index contributed by atoms with van der Waals surface area (Å²) in [5, 5.41) is -1.96. The molecular formula is C18H12F17NO4S2. The Kier molecular flexibility index (Phi) is 10.1. The first-order chi connectivity index (χ1) is 18.3. The zero-order chi connectivity index (χ0) is 33.6. The van der Waals surface area contributed by atoms with Crippen molar-refractivity contribution in [3.8, 4) is 5.75 Å². The van der Waals surface area contributed by atoms with E-state index in [1.165, 1.54) is 12.1 Å². The van der Waals surface area contributed by atoms with E-state index in [1.54, 1.807) is 6.92 Å². The predicted octanol–water partition coefficient (Wildman–Crippen LogP) is 7.46. The van der Waals surface area contributed by atoms with E-state index in [4.69, 9.17) is 0 Å². The van der Waals surface area contributed by atoms with Crippen molar-refractivity contribution in [3.63, 3.8) is 0 Å². The van der Waals surface area contributed by atoms with Crippen LogP contribution in [-0.2, 0) is 10.3 Å². The number of carbonyl (C=O) groups is 1. The fraction of sp³-hybridized carbons (Fsp3) is 0.611. The standard InChI is InChI=1S/C18H12F17NO4S2/c1-8-2-4-9(5-3-8)40-42(38,39)36-10(37)41-7-6-11(19,20)12(21,22)13(23,24)14(25,26)15(27,28)16(29,30)17(31,32)18(33,34)35/h2-5H,6-7H2,1H3,(H,36,37). The summed E-state index contributed by atoms with van der Waals surface area (Å²) in [5.74, 6) is -59.7. The van der Waals surface area contributed by atoms with Crippen LogP contribution >= 0.6 is 11.8 Å². The highest BCUT2D eigenvalue weighted by atomic mass is 32.2. The molecule has 0 saturated heterocycles. The largest absolute Gasteiger partial charge is 0.460 e. The molecular weight excluding hydrogens is 681 g/mol. The summed E-state index contributed by atoms with van der Waals surface area (Å²) in [4.78, 5) is 11.6. The van der Waals surface area contributed by atoms with Crippen LogP contribution in [0.1, 0.15) is 12.0 Å². The molecule has 0 atom stereocenters. The second kappa shape index (κ2) is 11.3. The molecule has 0 unspecified atom stereocenters. The first-order valence-corrected chi connectivity index (χ1v) is 12.4. The maximum atomic E-state index is 13.8. The highest BCUT2D eigenvalue weighted by Crippen LogP contribution is 2.64. The summed E-state index contributed by atoms with van der Waals surface area (Å²) in [6.07, 6.45) is -10.8. The molecule has 1 aromatic carbocycles. The summed E-state index contributed by atoms with van der Waals surface area (Å²) < 4.78 is 254. The van der Waals surface area contributed by atoms with Gasteiger partial charge in [-0.1, -0.05) is 29.5 Å². The van der Waals surface area contributed by atoms with Crippen molar-refractivity contribution >= 4 is 27.3 Å². The van der Waals surface area contributed by atoms with Crippen molar-refractivity contribution in [1.82, 2.24) is 4.72 Å². The van der Waals surface area contributed by atoms with E-state index in [0.29, 0.717) is 5.56 Å². The van der Waals surface area contributed by atoms with E-state index in [9.17, 15) is 87.8 Å². The SMILES string of the molecule is Cc1ccc(OS(=O)(=O)NC(=O)SCCC(F)(F)C(F)(F)C(F)(F)C(F)(F)C(F)(F)C(F)(F)C(F)(F)C(F)(F)F)cc1. The van der Waals surface area contributed by atoms with E-state index in [1.807, 2.05) is 0 Å². The van der Waals surface area contributed by atoms with E-state index < -0.39 is 92.9 Å². The summed E-state index contributed by atoms with van der Waals surface area (Å²) in [5.41, 5.74) is 0.595. The highest BCUT2D eigenvalue weighted by molar-refractivity contribution is 8.14. The topological polar surface area (TPSA) is 72.5 Å². The summed E-state index contributed by atoms with van der Waals surface area (Å²) in [6.45, 7) is 1.56. The first kappa shape index (κ1) is 37.6. The van der Waals surface area contributed by atoms with Gasteiger partial charge in [0.15, 0.2) is 0 Å². The van der Waals surface area contributed by atoms with Crippen LogP contribution in [0.2, 0.25) is 0 Å². The lowest BCUT2D eigenvalue weighted by Crippen LogP contribution is -2.74. The van der Waals surface area contributed by atoms with Gasteiger partial charge in [-0.15, -0.1) is 0 Å². The van der Waals surface area contributed by atoms with Gasteiger partial charge in [-0.2, -0.15) is 83.1 Å². The minimum Gasteiger partial charge on any atom is -0.367 e. The average molecular weight is 693 g/mol. The molecule has 24 heteroatoms. The van der Waals surface area contributed by atoms with Crippen LogP contribution in [0.15, 0.2) is 24.3 Å². The molecule has 0 aliphatic rings. The summed E-state index contributed by atoms with van der Waals surface area (Å²) in [6, 6.07) is 4.71. The second-order valence-corrected chi connectivity index (χ2v) is 10.3. The average Bonchev–Trinajstić information content (AvgIpc) is 2.78. The highest BCUT2D eigenvalue weighted by Gasteiger charge is 2.95. The minimum absolute atomic E-state index is 0.435. The Morgan fingerprint density at radius 1 is 0.690 bits per heavy atom. The molecule has 1 N–H and O–H groups in total. The summed E-state index contributed by atoms with van der Waals surface area (Å²) >= 11 is -0.754. The molecule has 0 heterocycles. The lowest BCUT2D eigenvalue weighted by Gasteiger charge is -2.42. The molecule has 0 aromatic heterocycles. The van der Waals surface area contributed by atoms with Gasteiger partial charge < -0.3 is 4.18 Å². The maximum Gasteiger partial charge on any atom is 0.460 e. The number of rotatable bonds is 12. The number of halogens is 17. The lowest BCUT2D eigenvalue weighted by molar-refractivity contribution is -0.461. The van der Waals surface area contributed by atoms with Crippen LogP contribution in [0.25, 0.3) is 0 Å². The van der Waals surface area contributed by atoms with Crippen molar-refractivity contribution in [3.05, 3.63) is 29.8 Å². The first-order valence-electron chi connectivity index (χ1n) is 9.99. The lowest BCUT2D eigenvalue weighted by atomic mass is 9.88. The van der Waals surface area contributed by atoms with Gasteiger partial charge in [-0.25, -0.2) is 4.72 Å². The van der Waals surface area contributed by atoms with Crippen molar-refractivity contribution in [2.45, 2.75) is 61.0 Å². The molecule has 42 heavy (non-hydrogen) atoms. The summed E-state index contributed by atoms with van der Waals surface area (Å²) in [7, 11) is -5.11. The predicted molar refractivity (Wildman–Crippen MR) is 107 cm³/mol. The number of hydrogen-bond donors (Lipinski definition) is 1. The molecule has 0 aliphatic heterocycles. The number of aryl methyl sites for hydroxylation is 1. The molecule has 0 radical (unpaired) electrons. The van der Waals surface area contributed by atoms with E-state index in [2.05, 4.69) is 4.18 Å². The van der Waals surface area contributed by atoms with E-state index in [0.717, 1.165) is 16.9 Å². The van der Waals surface area contributed by atoms with Crippen LogP contribution in [0, 0.1) is 6.92 Å². The van der Waals surface area contributed by atoms with Gasteiger partial charge >= 0.3 is 57.9 Å². The monoisotopic (exact) mass is 693 g/mol. The number of benzene rings is 1. The Labute approximate surface area is 227 Å². The third kappa shape index (κ3) is 6.56. The van der Waals surface area contributed by atoms with Gasteiger partial charge in [-0.05, 0) is 19.1 Å². The Bertz CT molecular complexity index is 1230. The van der Waals surface area contributed by atoms with Crippen LogP contribution in [0.4, 0.5) is 79.4 Å². The van der Waals surface area contributed by atoms with E-state index in [-0.39, 0.29) is 0 Å². The van der Waals surface area contributed by atoms with Crippen LogP contribution in [0.3, 0.4) is 0 Å². The molecule has 244 valence electrons. The number of amides is 1. The molecule has 1 rings (SSSR count). The molecule has 0 fully saturated rings. The normalized spacial score (nSPS) is 15.0. The number of nitrogens with one attached hydrogen (secondary N) is 1. The molecule has 1 aromatic rings. The minimum atomic E-state index is -8.75. The number of alkyl halides is 17. The van der Waals surface area contributed by atoms with Crippen molar-refractivity contribution in [1.29, 1.82) is 0 Å². The van der Waals surface area contributed by atoms with Crippen LogP contribution < -0.4 is 8.91 Å². The fourth-order valence-corrected chi connectivity index (χ4v) is 4.19. The van der Waals surface area contributed by atoms with Crippen LogP contribution in [0.5, 0.6) is 5.75 Å². The van der Waals surface area contributed by atoms with Gasteiger partial charge in [0.25, 0.3) is 5.24 Å². The van der Waals surface area contributed by atoms with Crippen molar-refractivity contribution in [2.24, 2.45) is 0 Å². The molecule has 1 amide bonds. The molecule has 0 saturated carbocycles. The molecule has 0 aliphatic carbocycles. The Morgan fingerprint density at radius 2 is 1.07 bits per heavy atom. The molecule has 0 bridgehead atoms. The number of thioether (sulfide) groups is 1. The second-order valence-electron chi connectivity index (χ2n) is 7.99. The third-order valence-corrected chi connectivity index (χ3v) is 6.62. The van der Waals surface area contributed by atoms with Crippen molar-refractivity contribution < 1.29 is 92.0 Å². The van der Waals surface area contributed by atoms with Crippen LogP contribution in [-0.4, -0.2) is 67.0 Å². The van der Waals surface area contributed by atoms with Gasteiger partial charge in [0.1, 0.15) is 5.75 Å². The fourth-order valence-electron chi connectivity index (χ4n) is 2.50. The Hall–Kier alpha value is -2.40. The smallest absolute Gasteiger partial charge is 0.367 e. The Balaban J connectivity index is 3.13.